The molecule has 3 fully saturated rings. The maximum absolute atomic E-state index is 12.7. The molecule has 4 heterocycles. The largest absolute Gasteiger partial charge is 0.354 e. The predicted octanol–water partition coefficient (Wildman–Crippen LogP) is 0.899. The van der Waals surface area contributed by atoms with Crippen molar-refractivity contribution in [2.24, 2.45) is 5.92 Å². The average Bonchev–Trinajstić information content (AvgIpc) is 3.20. The summed E-state index contributed by atoms with van der Waals surface area (Å²) in [6.07, 6.45) is 8.12. The quantitative estimate of drug-likeness (QED) is 0.693. The van der Waals surface area contributed by atoms with Crippen LogP contribution in [-0.4, -0.2) is 90.0 Å². The van der Waals surface area contributed by atoms with Crippen LogP contribution in [0, 0.1) is 5.92 Å². The van der Waals surface area contributed by atoms with Crippen molar-refractivity contribution in [3.63, 3.8) is 0 Å². The van der Waals surface area contributed by atoms with Gasteiger partial charge in [-0.05, 0) is 63.0 Å². The van der Waals surface area contributed by atoms with Gasteiger partial charge in [-0.3, -0.25) is 19.6 Å². The van der Waals surface area contributed by atoms with Gasteiger partial charge in [-0.15, -0.1) is 0 Å². The third-order valence-corrected chi connectivity index (χ3v) is 6.68. The van der Waals surface area contributed by atoms with Gasteiger partial charge in [0.15, 0.2) is 0 Å². The van der Waals surface area contributed by atoms with Crippen LogP contribution in [0.2, 0.25) is 0 Å². The third kappa shape index (κ3) is 5.49. The topological polar surface area (TPSA) is 80.8 Å². The third-order valence-electron chi connectivity index (χ3n) is 6.68. The number of hydrogen-bond donors (Lipinski definition) is 2. The number of amides is 3. The summed E-state index contributed by atoms with van der Waals surface area (Å²) in [6, 6.07) is 4.75. The number of nitrogens with one attached hydrogen (secondary N) is 2. The van der Waals surface area contributed by atoms with Crippen LogP contribution >= 0.6 is 0 Å². The van der Waals surface area contributed by atoms with Crippen molar-refractivity contribution in [1.82, 2.24) is 30.3 Å². The van der Waals surface area contributed by atoms with E-state index in [4.69, 9.17) is 0 Å². The molecule has 0 bridgehead atoms. The Bertz CT molecular complexity index is 707. The summed E-state index contributed by atoms with van der Waals surface area (Å²) in [7, 11) is 0. The summed E-state index contributed by atoms with van der Waals surface area (Å²) in [6.45, 7) is 7.74. The summed E-state index contributed by atoms with van der Waals surface area (Å²) in [5.41, 5.74) is 1.32. The van der Waals surface area contributed by atoms with Crippen molar-refractivity contribution < 1.29 is 9.59 Å². The first-order valence-corrected chi connectivity index (χ1v) is 11.3. The van der Waals surface area contributed by atoms with E-state index in [2.05, 4.69) is 37.6 Å². The monoisotopic (exact) mass is 414 g/mol. The average molecular weight is 415 g/mol. The molecule has 8 nitrogen and oxygen atoms in total. The number of carbonyl (C=O) groups excluding carboxylic acids is 2. The lowest BCUT2D eigenvalue weighted by molar-refractivity contribution is -0.127. The predicted molar refractivity (Wildman–Crippen MR) is 115 cm³/mol. The molecule has 3 saturated heterocycles. The summed E-state index contributed by atoms with van der Waals surface area (Å²) >= 11 is 0. The lowest BCUT2D eigenvalue weighted by Gasteiger charge is -2.42. The molecule has 0 unspecified atom stereocenters. The first-order chi connectivity index (χ1) is 14.7. The van der Waals surface area contributed by atoms with E-state index in [0.717, 1.165) is 52.1 Å². The number of carbonyl (C=O) groups is 2. The van der Waals surface area contributed by atoms with Crippen molar-refractivity contribution in [2.75, 3.05) is 52.4 Å². The standard InChI is InChI=1S/C22H34N6O2/c29-21(24-9-14-27-15-10-25-22(27)30)19-2-1-11-28(17-19)20-5-12-26(13-6-20)16-18-3-7-23-8-4-18/h3-4,7-8,19-20H,1-2,5-6,9-17H2,(H,24,29)(H,25,30)/t19-/m1/s1. The molecule has 1 atom stereocenters. The second-order valence-corrected chi connectivity index (χ2v) is 8.71. The molecule has 0 spiro atoms. The van der Waals surface area contributed by atoms with Gasteiger partial charge in [0.05, 0.1) is 5.92 Å². The Morgan fingerprint density at radius 3 is 2.67 bits per heavy atom. The first-order valence-electron chi connectivity index (χ1n) is 11.3. The molecule has 1 aromatic heterocycles. The van der Waals surface area contributed by atoms with Crippen LogP contribution in [0.3, 0.4) is 0 Å². The normalized spacial score (nSPS) is 24.1. The molecule has 164 valence electrons. The number of pyridine rings is 1. The molecule has 0 saturated carbocycles. The molecule has 1 aromatic rings. The van der Waals surface area contributed by atoms with Gasteiger partial charge in [-0.1, -0.05) is 0 Å². The van der Waals surface area contributed by atoms with E-state index in [1.165, 1.54) is 18.4 Å². The fourth-order valence-corrected chi connectivity index (χ4v) is 4.92. The van der Waals surface area contributed by atoms with E-state index >= 15 is 0 Å². The zero-order valence-corrected chi connectivity index (χ0v) is 17.8. The molecule has 3 aliphatic rings. The highest BCUT2D eigenvalue weighted by Crippen LogP contribution is 2.24. The summed E-state index contributed by atoms with van der Waals surface area (Å²) in [5, 5.41) is 5.85. The van der Waals surface area contributed by atoms with Gasteiger partial charge in [0.25, 0.3) is 0 Å². The van der Waals surface area contributed by atoms with E-state index in [0.29, 0.717) is 25.7 Å². The zero-order chi connectivity index (χ0) is 20.8. The second-order valence-electron chi connectivity index (χ2n) is 8.71. The highest BCUT2D eigenvalue weighted by molar-refractivity contribution is 5.79. The van der Waals surface area contributed by atoms with Crippen molar-refractivity contribution in [2.45, 2.75) is 38.3 Å². The minimum absolute atomic E-state index is 0.0247. The van der Waals surface area contributed by atoms with Crippen molar-refractivity contribution in [1.29, 1.82) is 0 Å². The van der Waals surface area contributed by atoms with Crippen molar-refractivity contribution >= 4 is 11.9 Å². The Kier molecular flexibility index (Phi) is 7.17. The number of nitrogens with zero attached hydrogens (tertiary/aromatic N) is 4. The van der Waals surface area contributed by atoms with Gasteiger partial charge in [-0.25, -0.2) is 4.79 Å². The summed E-state index contributed by atoms with van der Waals surface area (Å²) in [5.74, 6) is 0.218. The molecular weight excluding hydrogens is 380 g/mol. The van der Waals surface area contributed by atoms with E-state index in [1.807, 2.05) is 12.4 Å². The fourth-order valence-electron chi connectivity index (χ4n) is 4.92. The number of likely N-dealkylation sites (tertiary alicyclic amines) is 2. The number of hydrogen-bond acceptors (Lipinski definition) is 5. The van der Waals surface area contributed by atoms with E-state index < -0.39 is 0 Å². The Labute approximate surface area is 179 Å². The highest BCUT2D eigenvalue weighted by atomic mass is 16.2. The molecule has 0 aliphatic carbocycles. The van der Waals surface area contributed by atoms with Crippen LogP contribution in [0.15, 0.2) is 24.5 Å². The van der Waals surface area contributed by atoms with Crippen LogP contribution in [0.25, 0.3) is 0 Å². The molecule has 4 rings (SSSR count). The number of rotatable bonds is 7. The maximum atomic E-state index is 12.7. The van der Waals surface area contributed by atoms with Crippen molar-refractivity contribution in [3.8, 4) is 0 Å². The molecule has 0 radical (unpaired) electrons. The molecule has 8 heteroatoms. The first kappa shape index (κ1) is 21.1. The maximum Gasteiger partial charge on any atom is 0.317 e. The van der Waals surface area contributed by atoms with Gasteiger partial charge >= 0.3 is 6.03 Å². The van der Waals surface area contributed by atoms with Gasteiger partial charge in [0, 0.05) is 57.7 Å². The smallest absolute Gasteiger partial charge is 0.317 e. The second kappa shape index (κ2) is 10.2. The highest BCUT2D eigenvalue weighted by Gasteiger charge is 2.31. The number of piperidine rings is 2. The molecule has 0 aromatic carbocycles. The minimum Gasteiger partial charge on any atom is -0.354 e. The minimum atomic E-state index is -0.0247. The van der Waals surface area contributed by atoms with Gasteiger partial charge in [0.1, 0.15) is 0 Å². The van der Waals surface area contributed by atoms with Crippen LogP contribution in [-0.2, 0) is 11.3 Å². The molecular formula is C22H34N6O2. The van der Waals surface area contributed by atoms with E-state index in [1.54, 1.807) is 4.90 Å². The molecule has 2 N–H and O–H groups in total. The Morgan fingerprint density at radius 2 is 1.93 bits per heavy atom. The Hall–Kier alpha value is -2.19. The number of urea groups is 1. The zero-order valence-electron chi connectivity index (χ0n) is 17.8. The van der Waals surface area contributed by atoms with Gasteiger partial charge < -0.3 is 15.5 Å². The van der Waals surface area contributed by atoms with Crippen LogP contribution < -0.4 is 10.6 Å². The lowest BCUT2D eigenvalue weighted by Crippen LogP contribution is -2.51. The summed E-state index contributed by atoms with van der Waals surface area (Å²) in [4.78, 5) is 35.2. The van der Waals surface area contributed by atoms with Crippen molar-refractivity contribution in [3.05, 3.63) is 30.1 Å². The van der Waals surface area contributed by atoms with Crippen LogP contribution in [0.5, 0.6) is 0 Å². The fraction of sp³-hybridized carbons (Fsp3) is 0.682. The number of aromatic nitrogens is 1. The lowest BCUT2D eigenvalue weighted by atomic mass is 9.93. The van der Waals surface area contributed by atoms with E-state index in [-0.39, 0.29) is 17.9 Å². The Balaban J connectivity index is 1.18. The van der Waals surface area contributed by atoms with Gasteiger partial charge in [0.2, 0.25) is 5.91 Å². The molecule has 30 heavy (non-hydrogen) atoms. The molecule has 3 aliphatic heterocycles. The SMILES string of the molecule is O=C(NCCN1CCNC1=O)[C@@H]1CCCN(C2CCN(Cc3ccncc3)CC2)C1. The van der Waals surface area contributed by atoms with E-state index in [9.17, 15) is 9.59 Å². The Morgan fingerprint density at radius 1 is 1.13 bits per heavy atom. The van der Waals surface area contributed by atoms with Crippen LogP contribution in [0.4, 0.5) is 4.79 Å². The molecule has 3 amide bonds. The van der Waals surface area contributed by atoms with Gasteiger partial charge in [-0.2, -0.15) is 0 Å². The summed E-state index contributed by atoms with van der Waals surface area (Å²) < 4.78 is 0. The van der Waals surface area contributed by atoms with Crippen LogP contribution in [0.1, 0.15) is 31.2 Å².